The average Bonchev–Trinajstić information content (AvgIpc) is 3.41. The summed E-state index contributed by atoms with van der Waals surface area (Å²) >= 11 is 0. The molecule has 0 aromatic heterocycles. The van der Waals surface area contributed by atoms with Crippen LogP contribution in [0.2, 0.25) is 0 Å². The smallest absolute Gasteiger partial charge is 0.0159 e. The van der Waals surface area contributed by atoms with Gasteiger partial charge >= 0.3 is 0 Å². The lowest BCUT2D eigenvalue weighted by Crippen LogP contribution is -2.15. The van der Waals surface area contributed by atoms with Crippen LogP contribution < -0.4 is 0 Å². The van der Waals surface area contributed by atoms with Gasteiger partial charge < -0.3 is 0 Å². The van der Waals surface area contributed by atoms with Crippen LogP contribution in [0, 0.1) is 0 Å². The molecule has 11 rings (SSSR count). The third kappa shape index (κ3) is 4.14. The van der Waals surface area contributed by atoms with Gasteiger partial charge in [-0.15, -0.1) is 0 Å². The summed E-state index contributed by atoms with van der Waals surface area (Å²) in [6, 6.07) is 63.8. The first kappa shape index (κ1) is 28.6. The fourth-order valence-corrected chi connectivity index (χ4v) is 9.11. The fraction of sp³-hybridized carbons (Fsp3) is 0.0588. The first-order valence-corrected chi connectivity index (χ1v) is 18.0. The van der Waals surface area contributed by atoms with E-state index < -0.39 is 0 Å². The van der Waals surface area contributed by atoms with Crippen molar-refractivity contribution in [2.24, 2.45) is 0 Å². The maximum atomic E-state index is 2.45. The van der Waals surface area contributed by atoms with E-state index in [1.165, 1.54) is 109 Å². The summed E-state index contributed by atoms with van der Waals surface area (Å²) in [5.74, 6) is 0. The van der Waals surface area contributed by atoms with Crippen molar-refractivity contribution < 1.29 is 0 Å². The Balaban J connectivity index is 1.03. The summed E-state index contributed by atoms with van der Waals surface area (Å²) in [5, 5.41) is 15.6. The minimum atomic E-state index is -0.129. The number of hydrogen-bond donors (Lipinski definition) is 0. The lowest BCUT2D eigenvalue weighted by molar-refractivity contribution is 0.661. The van der Waals surface area contributed by atoms with Crippen molar-refractivity contribution in [3.05, 3.63) is 181 Å². The molecular weight excluding hydrogens is 613 g/mol. The van der Waals surface area contributed by atoms with E-state index in [9.17, 15) is 0 Å². The van der Waals surface area contributed by atoms with E-state index in [-0.39, 0.29) is 5.41 Å². The van der Waals surface area contributed by atoms with Gasteiger partial charge in [-0.2, -0.15) is 0 Å². The minimum absolute atomic E-state index is 0.129. The zero-order valence-electron chi connectivity index (χ0n) is 28.7. The number of rotatable bonds is 2. The monoisotopic (exact) mass is 646 g/mol. The largest absolute Gasteiger partial charge is 0.0616 e. The molecule has 0 spiro atoms. The van der Waals surface area contributed by atoms with Crippen LogP contribution in [0.15, 0.2) is 170 Å². The predicted octanol–water partition coefficient (Wildman–Crippen LogP) is 14.2. The van der Waals surface area contributed by atoms with Gasteiger partial charge in [-0.05, 0) is 133 Å². The summed E-state index contributed by atoms with van der Waals surface area (Å²) in [4.78, 5) is 0. The lowest BCUT2D eigenvalue weighted by Gasteiger charge is -2.23. The molecule has 10 aromatic rings. The Morgan fingerprint density at radius 3 is 1.08 bits per heavy atom. The van der Waals surface area contributed by atoms with Crippen molar-refractivity contribution in [3.8, 4) is 33.4 Å². The standard InChI is InChI=1S/C51H34/c1-51(2)47-29-39(37-21-15-33-13-19-35-17-11-31-7-3-5-9-41(31)49(35)45(33)27-37)23-25-43(47)44-26-24-40(30-48(44)51)38-22-16-34-14-20-36-18-12-32-8-4-6-10-42(32)50(36)46(34)28-38/h3-30H,1-2H3. The van der Waals surface area contributed by atoms with Gasteiger partial charge in [-0.3, -0.25) is 0 Å². The van der Waals surface area contributed by atoms with E-state index >= 15 is 0 Å². The normalized spacial score (nSPS) is 13.5. The van der Waals surface area contributed by atoms with Gasteiger partial charge in [0.2, 0.25) is 0 Å². The summed E-state index contributed by atoms with van der Waals surface area (Å²) in [6.45, 7) is 4.79. The van der Waals surface area contributed by atoms with Crippen LogP contribution in [0.3, 0.4) is 0 Å². The van der Waals surface area contributed by atoms with E-state index in [0.717, 1.165) is 0 Å². The fourth-order valence-electron chi connectivity index (χ4n) is 9.11. The zero-order chi connectivity index (χ0) is 33.8. The zero-order valence-corrected chi connectivity index (χ0v) is 28.7. The molecule has 0 N–H and O–H groups in total. The summed E-state index contributed by atoms with van der Waals surface area (Å²) in [6.07, 6.45) is 0. The maximum absolute atomic E-state index is 2.45. The predicted molar refractivity (Wildman–Crippen MR) is 220 cm³/mol. The lowest BCUT2D eigenvalue weighted by atomic mass is 9.80. The van der Waals surface area contributed by atoms with Gasteiger partial charge in [0.05, 0.1) is 0 Å². The molecule has 51 heavy (non-hydrogen) atoms. The molecule has 0 atom stereocenters. The van der Waals surface area contributed by atoms with Crippen LogP contribution in [0.4, 0.5) is 0 Å². The maximum Gasteiger partial charge on any atom is 0.0159 e. The van der Waals surface area contributed by atoms with Crippen LogP contribution in [0.1, 0.15) is 25.0 Å². The van der Waals surface area contributed by atoms with Crippen molar-refractivity contribution in [2.45, 2.75) is 19.3 Å². The Morgan fingerprint density at radius 1 is 0.294 bits per heavy atom. The van der Waals surface area contributed by atoms with Crippen LogP contribution in [-0.4, -0.2) is 0 Å². The number of hydrogen-bond acceptors (Lipinski definition) is 0. The first-order chi connectivity index (χ1) is 25.0. The Morgan fingerprint density at radius 2 is 0.627 bits per heavy atom. The SMILES string of the molecule is CC1(C)c2cc(-c3ccc4ccc5ccc6ccccc6c5c4c3)ccc2-c2ccc(-c3ccc4ccc5ccc6ccccc6c5c4c3)cc21. The minimum Gasteiger partial charge on any atom is -0.0616 e. The highest BCUT2D eigenvalue weighted by atomic mass is 14.4. The molecule has 1 aliphatic carbocycles. The van der Waals surface area contributed by atoms with Gasteiger partial charge in [0, 0.05) is 5.41 Å². The molecular formula is C51H34. The second-order valence-electron chi connectivity index (χ2n) is 14.9. The quantitative estimate of drug-likeness (QED) is 0.164. The number of fused-ring (bicyclic) bond motifs is 13. The molecule has 0 saturated carbocycles. The highest BCUT2D eigenvalue weighted by molar-refractivity contribution is 6.22. The summed E-state index contributed by atoms with van der Waals surface area (Å²) in [7, 11) is 0. The van der Waals surface area contributed by atoms with E-state index in [2.05, 4.69) is 184 Å². The van der Waals surface area contributed by atoms with Crippen molar-refractivity contribution in [3.63, 3.8) is 0 Å². The van der Waals surface area contributed by atoms with Crippen LogP contribution in [0.25, 0.3) is 98.0 Å². The van der Waals surface area contributed by atoms with E-state index in [1.807, 2.05) is 0 Å². The molecule has 238 valence electrons. The highest BCUT2D eigenvalue weighted by Gasteiger charge is 2.36. The van der Waals surface area contributed by atoms with Crippen LogP contribution in [0.5, 0.6) is 0 Å². The average molecular weight is 647 g/mol. The molecule has 0 aliphatic heterocycles. The van der Waals surface area contributed by atoms with Crippen molar-refractivity contribution >= 4 is 64.6 Å². The molecule has 0 fully saturated rings. The topological polar surface area (TPSA) is 0 Å². The summed E-state index contributed by atoms with van der Waals surface area (Å²) < 4.78 is 0. The van der Waals surface area contributed by atoms with Gasteiger partial charge in [-0.25, -0.2) is 0 Å². The molecule has 1 aliphatic rings. The Kier molecular flexibility index (Phi) is 5.82. The molecule has 0 radical (unpaired) electrons. The van der Waals surface area contributed by atoms with Gasteiger partial charge in [0.25, 0.3) is 0 Å². The molecule has 0 amide bonds. The molecule has 0 heteroatoms. The second-order valence-corrected chi connectivity index (χ2v) is 14.9. The van der Waals surface area contributed by atoms with E-state index in [1.54, 1.807) is 0 Å². The Bertz CT molecular complexity index is 2880. The van der Waals surface area contributed by atoms with E-state index in [4.69, 9.17) is 0 Å². The second kappa shape index (κ2) is 10.4. The molecule has 0 bridgehead atoms. The Labute approximate surface area is 297 Å². The van der Waals surface area contributed by atoms with Crippen molar-refractivity contribution in [2.75, 3.05) is 0 Å². The highest BCUT2D eigenvalue weighted by Crippen LogP contribution is 2.51. The van der Waals surface area contributed by atoms with Crippen LogP contribution in [-0.2, 0) is 5.41 Å². The molecule has 0 unspecified atom stereocenters. The third-order valence-electron chi connectivity index (χ3n) is 11.8. The molecule has 0 saturated heterocycles. The van der Waals surface area contributed by atoms with Crippen molar-refractivity contribution in [1.29, 1.82) is 0 Å². The van der Waals surface area contributed by atoms with Gasteiger partial charge in [0.1, 0.15) is 0 Å². The molecule has 0 heterocycles. The first-order valence-electron chi connectivity index (χ1n) is 18.0. The van der Waals surface area contributed by atoms with E-state index in [0.29, 0.717) is 0 Å². The number of benzene rings is 10. The van der Waals surface area contributed by atoms with Crippen molar-refractivity contribution in [1.82, 2.24) is 0 Å². The van der Waals surface area contributed by atoms with Crippen LogP contribution >= 0.6 is 0 Å². The molecule has 0 nitrogen and oxygen atoms in total. The van der Waals surface area contributed by atoms with Gasteiger partial charge in [0.15, 0.2) is 0 Å². The summed E-state index contributed by atoms with van der Waals surface area (Å²) in [5.41, 5.74) is 10.4. The van der Waals surface area contributed by atoms with Gasteiger partial charge in [-0.1, -0.05) is 159 Å². The third-order valence-corrected chi connectivity index (χ3v) is 11.8. The Hall–Kier alpha value is -6.24. The molecule has 10 aromatic carbocycles.